The molecule has 4 rings (SSSR count). The SMILES string of the molecule is NC(=O)c1ccc2cc(-c3c(Cl)nc(N)nc3N[C@@H]3C[C@H](CO)[C@@H](O)[C@H]3O)oc2c1. The van der Waals surface area contributed by atoms with E-state index in [2.05, 4.69) is 15.3 Å². The molecule has 1 aromatic carbocycles. The van der Waals surface area contributed by atoms with Gasteiger partial charge in [0.25, 0.3) is 0 Å². The van der Waals surface area contributed by atoms with Crippen molar-refractivity contribution in [1.29, 1.82) is 0 Å². The number of primary amides is 1. The Kier molecular flexibility index (Phi) is 5.24. The fourth-order valence-electron chi connectivity index (χ4n) is 3.70. The Balaban J connectivity index is 1.75. The molecule has 10 nitrogen and oxygen atoms in total. The number of benzene rings is 1. The molecule has 4 atom stereocenters. The van der Waals surface area contributed by atoms with Crippen molar-refractivity contribution in [2.75, 3.05) is 17.7 Å². The minimum absolute atomic E-state index is 0.0194. The summed E-state index contributed by atoms with van der Waals surface area (Å²) in [4.78, 5) is 19.6. The lowest BCUT2D eigenvalue weighted by Crippen LogP contribution is -2.35. The van der Waals surface area contributed by atoms with E-state index >= 15 is 0 Å². The highest BCUT2D eigenvalue weighted by molar-refractivity contribution is 6.32. The van der Waals surface area contributed by atoms with E-state index in [-0.39, 0.29) is 23.5 Å². The van der Waals surface area contributed by atoms with Crippen molar-refractivity contribution in [3.8, 4) is 11.3 Å². The predicted octanol–water partition coefficient (Wildman–Crippen LogP) is 0.739. The van der Waals surface area contributed by atoms with Crippen LogP contribution in [0.5, 0.6) is 0 Å². The molecule has 0 radical (unpaired) electrons. The van der Waals surface area contributed by atoms with Gasteiger partial charge in [-0.2, -0.15) is 4.98 Å². The topological polar surface area (TPSA) is 181 Å². The Morgan fingerprint density at radius 3 is 2.70 bits per heavy atom. The number of furan rings is 1. The molecule has 1 saturated carbocycles. The van der Waals surface area contributed by atoms with Crippen LogP contribution in [0.1, 0.15) is 16.8 Å². The van der Waals surface area contributed by atoms with Gasteiger partial charge in [0, 0.05) is 23.5 Å². The first-order chi connectivity index (χ1) is 14.3. The molecule has 0 spiro atoms. The molecule has 3 aromatic rings. The Bertz CT molecular complexity index is 1120. The number of nitrogens with two attached hydrogens (primary N) is 2. The van der Waals surface area contributed by atoms with Crippen LogP contribution in [0.3, 0.4) is 0 Å². The molecule has 0 saturated heterocycles. The van der Waals surface area contributed by atoms with Crippen LogP contribution in [0.15, 0.2) is 28.7 Å². The van der Waals surface area contributed by atoms with E-state index in [4.69, 9.17) is 27.5 Å². The third-order valence-corrected chi connectivity index (χ3v) is 5.57. The van der Waals surface area contributed by atoms with E-state index in [0.717, 1.165) is 0 Å². The first kappa shape index (κ1) is 20.4. The van der Waals surface area contributed by atoms with E-state index in [1.165, 1.54) is 6.07 Å². The minimum Gasteiger partial charge on any atom is -0.456 e. The van der Waals surface area contributed by atoms with Crippen molar-refractivity contribution in [1.82, 2.24) is 9.97 Å². The molecule has 158 valence electrons. The Labute approximate surface area is 175 Å². The second-order valence-electron chi connectivity index (χ2n) is 7.23. The van der Waals surface area contributed by atoms with Gasteiger partial charge in [0.1, 0.15) is 28.4 Å². The fourth-order valence-corrected chi connectivity index (χ4v) is 3.97. The monoisotopic (exact) mass is 433 g/mol. The van der Waals surface area contributed by atoms with Crippen molar-refractivity contribution < 1.29 is 24.5 Å². The van der Waals surface area contributed by atoms with Gasteiger partial charge in [0.2, 0.25) is 11.9 Å². The van der Waals surface area contributed by atoms with Gasteiger partial charge in [-0.1, -0.05) is 17.7 Å². The fraction of sp³-hybridized carbons (Fsp3) is 0.316. The van der Waals surface area contributed by atoms with Crippen LogP contribution in [0.2, 0.25) is 5.15 Å². The van der Waals surface area contributed by atoms with Crippen LogP contribution in [-0.2, 0) is 0 Å². The molecule has 1 amide bonds. The van der Waals surface area contributed by atoms with E-state index < -0.39 is 30.1 Å². The van der Waals surface area contributed by atoms with Crippen LogP contribution in [0.4, 0.5) is 11.8 Å². The summed E-state index contributed by atoms with van der Waals surface area (Å²) < 4.78 is 5.86. The zero-order valence-electron chi connectivity index (χ0n) is 15.6. The smallest absolute Gasteiger partial charge is 0.248 e. The Morgan fingerprint density at radius 1 is 1.27 bits per heavy atom. The molecule has 11 heteroatoms. The molecule has 1 aliphatic rings. The summed E-state index contributed by atoms with van der Waals surface area (Å²) in [5.41, 5.74) is 12.1. The lowest BCUT2D eigenvalue weighted by molar-refractivity contribution is 0.00446. The molecule has 0 unspecified atom stereocenters. The summed E-state index contributed by atoms with van der Waals surface area (Å²) in [7, 11) is 0. The zero-order chi connectivity index (χ0) is 21.6. The van der Waals surface area contributed by atoms with Crippen molar-refractivity contribution >= 4 is 40.2 Å². The average Bonchev–Trinajstić information content (AvgIpc) is 3.22. The summed E-state index contributed by atoms with van der Waals surface area (Å²) in [5, 5.41) is 33.5. The van der Waals surface area contributed by atoms with Gasteiger partial charge in [-0.05, 0) is 24.6 Å². The second-order valence-corrected chi connectivity index (χ2v) is 7.59. The third-order valence-electron chi connectivity index (χ3n) is 5.29. The number of nitrogens with one attached hydrogen (secondary N) is 1. The summed E-state index contributed by atoms with van der Waals surface area (Å²) in [6, 6.07) is 5.87. The van der Waals surface area contributed by atoms with Gasteiger partial charge in [-0.25, -0.2) is 4.98 Å². The van der Waals surface area contributed by atoms with Gasteiger partial charge in [-0.15, -0.1) is 0 Å². The summed E-state index contributed by atoms with van der Waals surface area (Å²) in [6.45, 7) is -0.262. The first-order valence-corrected chi connectivity index (χ1v) is 9.56. The maximum absolute atomic E-state index is 11.4. The number of carbonyl (C=O) groups is 1. The van der Waals surface area contributed by atoms with Crippen LogP contribution >= 0.6 is 11.6 Å². The maximum atomic E-state index is 11.4. The molecule has 8 N–H and O–H groups in total. The summed E-state index contributed by atoms with van der Waals surface area (Å²) in [5.74, 6) is -0.639. The number of hydrogen-bond acceptors (Lipinski definition) is 9. The number of hydrogen-bond donors (Lipinski definition) is 6. The lowest BCUT2D eigenvalue weighted by atomic mass is 10.1. The van der Waals surface area contributed by atoms with Crippen molar-refractivity contribution in [3.05, 3.63) is 35.0 Å². The number of rotatable bonds is 5. The lowest BCUT2D eigenvalue weighted by Gasteiger charge is -2.20. The Hall–Kier alpha value is -2.92. The first-order valence-electron chi connectivity index (χ1n) is 9.18. The zero-order valence-corrected chi connectivity index (χ0v) is 16.4. The highest BCUT2D eigenvalue weighted by atomic mass is 35.5. The third kappa shape index (κ3) is 3.54. The number of amides is 1. The molecule has 30 heavy (non-hydrogen) atoms. The molecule has 0 aliphatic heterocycles. The number of halogens is 1. The van der Waals surface area contributed by atoms with Crippen molar-refractivity contribution in [2.24, 2.45) is 11.7 Å². The molecule has 2 aromatic heterocycles. The number of nitrogens with zero attached hydrogens (tertiary/aromatic N) is 2. The highest BCUT2D eigenvalue weighted by Gasteiger charge is 2.41. The van der Waals surface area contributed by atoms with E-state index in [9.17, 15) is 20.1 Å². The van der Waals surface area contributed by atoms with Crippen LogP contribution in [0, 0.1) is 5.92 Å². The number of aromatic nitrogens is 2. The summed E-state index contributed by atoms with van der Waals surface area (Å²) in [6.07, 6.45) is -1.90. The average molecular weight is 434 g/mol. The van der Waals surface area contributed by atoms with Gasteiger partial charge in [-0.3, -0.25) is 4.79 Å². The largest absolute Gasteiger partial charge is 0.456 e. The number of anilines is 2. The normalized spacial score (nSPS) is 23.7. The van der Waals surface area contributed by atoms with Crippen LogP contribution in [0.25, 0.3) is 22.3 Å². The second kappa shape index (κ2) is 7.73. The van der Waals surface area contributed by atoms with Gasteiger partial charge < -0.3 is 36.5 Å². The number of fused-ring (bicyclic) bond motifs is 1. The van der Waals surface area contributed by atoms with Crippen molar-refractivity contribution in [3.63, 3.8) is 0 Å². The van der Waals surface area contributed by atoms with Gasteiger partial charge in [0.05, 0.1) is 17.7 Å². The van der Waals surface area contributed by atoms with Crippen molar-refractivity contribution in [2.45, 2.75) is 24.7 Å². The molecule has 1 fully saturated rings. The van der Waals surface area contributed by atoms with Gasteiger partial charge in [0.15, 0.2) is 0 Å². The molecule has 0 bridgehead atoms. The molecular weight excluding hydrogens is 414 g/mol. The molecular formula is C19H20ClN5O5. The predicted molar refractivity (Wildman–Crippen MR) is 110 cm³/mol. The number of nitrogen functional groups attached to an aromatic ring is 1. The van der Waals surface area contributed by atoms with E-state index in [1.807, 2.05) is 0 Å². The summed E-state index contributed by atoms with van der Waals surface area (Å²) >= 11 is 6.33. The van der Waals surface area contributed by atoms with E-state index in [0.29, 0.717) is 34.3 Å². The van der Waals surface area contributed by atoms with E-state index in [1.54, 1.807) is 18.2 Å². The standard InChI is InChI=1S/C19H20ClN5O5/c20-16-13(12-4-7-1-2-8(17(21)29)5-11(7)30-12)18(25-19(22)24-16)23-10-3-9(6-26)14(27)15(10)28/h1-2,4-5,9-10,14-15,26-28H,3,6H2,(H2,21,29)(H3,22,23,24,25)/t9-,10-,14-,15+/m1/s1. The quantitative estimate of drug-likeness (QED) is 0.316. The minimum atomic E-state index is -1.13. The Morgan fingerprint density at radius 2 is 2.03 bits per heavy atom. The van der Waals surface area contributed by atoms with Crippen LogP contribution in [-0.4, -0.2) is 56.1 Å². The number of carbonyl (C=O) groups excluding carboxylic acids is 1. The van der Waals surface area contributed by atoms with Crippen LogP contribution < -0.4 is 16.8 Å². The molecule has 2 heterocycles. The number of aliphatic hydroxyl groups is 3. The molecule has 1 aliphatic carbocycles. The maximum Gasteiger partial charge on any atom is 0.248 e. The van der Waals surface area contributed by atoms with Gasteiger partial charge >= 0.3 is 0 Å². The number of aliphatic hydroxyl groups excluding tert-OH is 3. The highest BCUT2D eigenvalue weighted by Crippen LogP contribution is 2.38.